The minimum Gasteiger partial charge on any atom is -0.508 e. The fraction of sp³-hybridized carbons (Fsp3) is 0.286. The first-order chi connectivity index (χ1) is 10.1. The van der Waals surface area contributed by atoms with Gasteiger partial charge in [0.05, 0.1) is 12.0 Å². The third-order valence-corrected chi connectivity index (χ3v) is 3.11. The molecule has 5 N–H and O–H groups in total. The van der Waals surface area contributed by atoms with E-state index in [-0.39, 0.29) is 17.9 Å². The molecule has 0 spiro atoms. The third-order valence-electron chi connectivity index (χ3n) is 3.11. The normalized spacial score (nSPS) is 12.2. The zero-order valence-electron chi connectivity index (χ0n) is 11.3. The fourth-order valence-electron chi connectivity index (χ4n) is 2.01. The molecule has 7 heteroatoms. The molecule has 0 saturated heterocycles. The highest BCUT2D eigenvalue weighted by atomic mass is 16.4. The van der Waals surface area contributed by atoms with Gasteiger partial charge in [-0.05, 0) is 30.2 Å². The van der Waals surface area contributed by atoms with Crippen LogP contribution in [0, 0.1) is 0 Å². The molecular weight excluding hydrogens is 274 g/mol. The van der Waals surface area contributed by atoms with Gasteiger partial charge in [0.25, 0.3) is 0 Å². The number of hydrogen-bond donors (Lipinski definition) is 5. The first-order valence-corrected chi connectivity index (χ1v) is 6.51. The maximum absolute atomic E-state index is 11.2. The Kier molecular flexibility index (Phi) is 4.78. The van der Waals surface area contributed by atoms with Crippen LogP contribution in [0.5, 0.6) is 11.5 Å². The van der Waals surface area contributed by atoms with E-state index in [1.54, 1.807) is 6.20 Å². The van der Waals surface area contributed by atoms with Crippen LogP contribution >= 0.6 is 0 Å². The highest BCUT2D eigenvalue weighted by molar-refractivity contribution is 5.73. The number of nitrogens with one attached hydrogen (secondary N) is 2. The van der Waals surface area contributed by atoms with Crippen LogP contribution in [-0.4, -0.2) is 43.8 Å². The van der Waals surface area contributed by atoms with Crippen LogP contribution in [0.15, 0.2) is 30.7 Å². The van der Waals surface area contributed by atoms with E-state index in [2.05, 4.69) is 15.3 Å². The molecule has 7 nitrogen and oxygen atoms in total. The summed E-state index contributed by atoms with van der Waals surface area (Å²) >= 11 is 0. The molecule has 0 radical (unpaired) electrons. The van der Waals surface area contributed by atoms with E-state index >= 15 is 0 Å². The van der Waals surface area contributed by atoms with Gasteiger partial charge in [-0.3, -0.25) is 4.79 Å². The second-order valence-electron chi connectivity index (χ2n) is 4.67. The number of rotatable bonds is 7. The van der Waals surface area contributed by atoms with Crippen molar-refractivity contribution < 1.29 is 20.1 Å². The molecule has 0 saturated carbocycles. The van der Waals surface area contributed by atoms with Gasteiger partial charge >= 0.3 is 5.97 Å². The number of aromatic hydroxyl groups is 2. The summed E-state index contributed by atoms with van der Waals surface area (Å²) < 4.78 is 0. The number of hydrogen-bond acceptors (Lipinski definition) is 5. The summed E-state index contributed by atoms with van der Waals surface area (Å²) in [6.45, 7) is 0.360. The predicted octanol–water partition coefficient (Wildman–Crippen LogP) is 0.649. The number of aliphatic carboxylic acids is 1. The Hall–Kier alpha value is -2.54. The molecule has 2 rings (SSSR count). The Bertz CT molecular complexity index is 598. The zero-order valence-corrected chi connectivity index (χ0v) is 11.3. The molecule has 0 amide bonds. The average Bonchev–Trinajstić information content (AvgIpc) is 2.94. The van der Waals surface area contributed by atoms with E-state index in [4.69, 9.17) is 0 Å². The minimum atomic E-state index is -0.960. The number of carboxylic acid groups (broad SMARTS) is 1. The highest BCUT2D eigenvalue weighted by Gasteiger charge is 2.18. The van der Waals surface area contributed by atoms with Crippen molar-refractivity contribution in [3.05, 3.63) is 42.0 Å². The lowest BCUT2D eigenvalue weighted by molar-refractivity contribution is -0.139. The molecule has 1 aromatic carbocycles. The van der Waals surface area contributed by atoms with Crippen LogP contribution in [0.3, 0.4) is 0 Å². The van der Waals surface area contributed by atoms with E-state index in [1.807, 2.05) is 0 Å². The molecule has 0 aliphatic heterocycles. The molecule has 0 bridgehead atoms. The number of H-pyrrole nitrogens is 1. The molecule has 1 atom stereocenters. The van der Waals surface area contributed by atoms with Crippen molar-refractivity contribution in [2.45, 2.75) is 18.9 Å². The molecule has 21 heavy (non-hydrogen) atoms. The SMILES string of the molecule is O=C(O)[C@H](Cc1c[nH]cn1)NCCc1cc(O)ccc1O. The van der Waals surface area contributed by atoms with Crippen molar-refractivity contribution in [2.75, 3.05) is 6.54 Å². The van der Waals surface area contributed by atoms with Gasteiger partial charge in [0, 0.05) is 19.2 Å². The summed E-state index contributed by atoms with van der Waals surface area (Å²) in [5, 5.41) is 31.1. The Balaban J connectivity index is 1.90. The second-order valence-corrected chi connectivity index (χ2v) is 4.67. The van der Waals surface area contributed by atoms with Crippen molar-refractivity contribution in [1.29, 1.82) is 0 Å². The summed E-state index contributed by atoms with van der Waals surface area (Å²) in [5.74, 6) is -0.819. The van der Waals surface area contributed by atoms with Crippen molar-refractivity contribution in [2.24, 2.45) is 0 Å². The lowest BCUT2D eigenvalue weighted by Crippen LogP contribution is -2.39. The van der Waals surface area contributed by atoms with Crippen molar-refractivity contribution in [3.8, 4) is 11.5 Å². The molecule has 0 aliphatic rings. The Labute approximate surface area is 121 Å². The van der Waals surface area contributed by atoms with Gasteiger partial charge in [-0.15, -0.1) is 0 Å². The van der Waals surface area contributed by atoms with Crippen molar-refractivity contribution in [3.63, 3.8) is 0 Å². The van der Waals surface area contributed by atoms with Gasteiger partial charge in [-0.2, -0.15) is 0 Å². The third kappa shape index (κ3) is 4.22. The summed E-state index contributed by atoms with van der Waals surface area (Å²) in [6, 6.07) is 3.50. The van der Waals surface area contributed by atoms with Crippen LogP contribution in [0.4, 0.5) is 0 Å². The van der Waals surface area contributed by atoms with E-state index < -0.39 is 12.0 Å². The Morgan fingerprint density at radius 3 is 2.86 bits per heavy atom. The summed E-state index contributed by atoms with van der Waals surface area (Å²) in [6.07, 6.45) is 3.83. The monoisotopic (exact) mass is 291 g/mol. The van der Waals surface area contributed by atoms with Gasteiger partial charge in [0.2, 0.25) is 0 Å². The predicted molar refractivity (Wildman–Crippen MR) is 75.2 cm³/mol. The number of phenolic OH excluding ortho intramolecular Hbond substituents is 2. The van der Waals surface area contributed by atoms with Crippen molar-refractivity contribution in [1.82, 2.24) is 15.3 Å². The van der Waals surface area contributed by atoms with Gasteiger partial charge in [0.15, 0.2) is 0 Å². The number of benzene rings is 1. The minimum absolute atomic E-state index is 0.0640. The zero-order chi connectivity index (χ0) is 15.2. The summed E-state index contributed by atoms with van der Waals surface area (Å²) in [4.78, 5) is 18.0. The van der Waals surface area contributed by atoms with E-state index in [0.29, 0.717) is 24.2 Å². The quantitative estimate of drug-likeness (QED) is 0.478. The molecule has 2 aromatic rings. The molecule has 0 aliphatic carbocycles. The number of carbonyl (C=O) groups is 1. The van der Waals surface area contributed by atoms with Gasteiger partial charge < -0.3 is 25.6 Å². The summed E-state index contributed by atoms with van der Waals surface area (Å²) in [7, 11) is 0. The fourth-order valence-corrected chi connectivity index (χ4v) is 2.01. The van der Waals surface area contributed by atoms with Crippen LogP contribution in [0.2, 0.25) is 0 Å². The Morgan fingerprint density at radius 1 is 1.38 bits per heavy atom. The highest BCUT2D eigenvalue weighted by Crippen LogP contribution is 2.22. The van der Waals surface area contributed by atoms with E-state index in [1.165, 1.54) is 24.5 Å². The van der Waals surface area contributed by atoms with Crippen LogP contribution in [0.1, 0.15) is 11.3 Å². The molecule has 1 aromatic heterocycles. The average molecular weight is 291 g/mol. The van der Waals surface area contributed by atoms with Crippen LogP contribution in [0.25, 0.3) is 0 Å². The first-order valence-electron chi connectivity index (χ1n) is 6.51. The van der Waals surface area contributed by atoms with E-state index in [9.17, 15) is 20.1 Å². The molecular formula is C14H17N3O4. The maximum atomic E-state index is 11.2. The number of carboxylic acids is 1. The smallest absolute Gasteiger partial charge is 0.321 e. The first kappa shape index (κ1) is 14.9. The van der Waals surface area contributed by atoms with E-state index in [0.717, 1.165) is 0 Å². The second kappa shape index (κ2) is 6.76. The van der Waals surface area contributed by atoms with Gasteiger partial charge in [-0.25, -0.2) is 4.98 Å². The van der Waals surface area contributed by atoms with Crippen LogP contribution < -0.4 is 5.32 Å². The standard InChI is InChI=1S/C14H17N3O4/c18-11-1-2-13(19)9(5-11)3-4-16-12(14(20)21)6-10-7-15-8-17-10/h1-2,5,7-8,12,16,18-19H,3-4,6H2,(H,15,17)(H,20,21)/t12-/m0/s1. The number of aromatic amines is 1. The Morgan fingerprint density at radius 2 is 2.19 bits per heavy atom. The number of nitrogens with zero attached hydrogens (tertiary/aromatic N) is 1. The van der Waals surface area contributed by atoms with Gasteiger partial charge in [0.1, 0.15) is 17.5 Å². The largest absolute Gasteiger partial charge is 0.508 e. The lowest BCUT2D eigenvalue weighted by atomic mass is 10.1. The lowest BCUT2D eigenvalue weighted by Gasteiger charge is -2.13. The van der Waals surface area contributed by atoms with Crippen LogP contribution in [-0.2, 0) is 17.6 Å². The topological polar surface area (TPSA) is 118 Å². The number of phenols is 2. The number of aromatic nitrogens is 2. The molecule has 0 unspecified atom stereocenters. The van der Waals surface area contributed by atoms with Crippen molar-refractivity contribution >= 4 is 5.97 Å². The summed E-state index contributed by atoms with van der Waals surface area (Å²) in [5.41, 5.74) is 1.22. The van der Waals surface area contributed by atoms with Gasteiger partial charge in [-0.1, -0.05) is 0 Å². The molecule has 0 fully saturated rings. The molecule has 112 valence electrons. The molecule has 1 heterocycles. The maximum Gasteiger partial charge on any atom is 0.321 e. The number of imidazole rings is 1.